The lowest BCUT2D eigenvalue weighted by Gasteiger charge is -2.29. The highest BCUT2D eigenvalue weighted by atomic mass is 32.1. The summed E-state index contributed by atoms with van der Waals surface area (Å²) >= 11 is 1.56. The molecule has 0 spiro atoms. The van der Waals surface area contributed by atoms with Crippen molar-refractivity contribution in [2.75, 3.05) is 13.7 Å². The Hall–Kier alpha value is -4.32. The Balaban J connectivity index is 1.46. The van der Waals surface area contributed by atoms with Crippen molar-refractivity contribution in [3.63, 3.8) is 0 Å². The van der Waals surface area contributed by atoms with Crippen molar-refractivity contribution in [3.05, 3.63) is 75.7 Å². The molecule has 1 aliphatic heterocycles. The van der Waals surface area contributed by atoms with Gasteiger partial charge in [-0.05, 0) is 59.1 Å². The minimum Gasteiger partial charge on any atom is -0.481 e. The predicted molar refractivity (Wildman–Crippen MR) is 161 cm³/mol. The average Bonchev–Trinajstić information content (AvgIpc) is 3.72. The van der Waals surface area contributed by atoms with Crippen molar-refractivity contribution in [3.8, 4) is 17.3 Å². The minimum atomic E-state index is -1.29. The van der Waals surface area contributed by atoms with E-state index in [1.807, 2.05) is 68.3 Å². The summed E-state index contributed by atoms with van der Waals surface area (Å²) < 4.78 is 17.5. The number of likely N-dealkylation sites (tertiary alicyclic amines) is 1. The Morgan fingerprint density at radius 1 is 1.12 bits per heavy atom. The van der Waals surface area contributed by atoms with E-state index in [0.29, 0.717) is 18.5 Å². The second-order valence-electron chi connectivity index (χ2n) is 11.8. The van der Waals surface area contributed by atoms with E-state index in [1.54, 1.807) is 30.4 Å². The number of pyridine rings is 1. The number of methoxy groups -OCH3 is 1. The first kappa shape index (κ1) is 30.1. The van der Waals surface area contributed by atoms with Crippen LogP contribution in [0.2, 0.25) is 0 Å². The lowest BCUT2D eigenvalue weighted by Crippen LogP contribution is -2.45. The molecule has 0 aliphatic carbocycles. The van der Waals surface area contributed by atoms with Crippen molar-refractivity contribution in [2.45, 2.75) is 71.1 Å². The second-order valence-corrected chi connectivity index (χ2v) is 12.7. The fraction of sp³-hybridized carbons (Fsp3) is 0.419. The zero-order valence-corrected chi connectivity index (χ0v) is 26.0. The Labute approximate surface area is 254 Å². The number of aryl methyl sites for hydroxylation is 1. The van der Waals surface area contributed by atoms with Crippen LogP contribution in [0.3, 0.4) is 0 Å². The molecule has 43 heavy (non-hydrogen) atoms. The third-order valence-corrected chi connectivity index (χ3v) is 8.03. The summed E-state index contributed by atoms with van der Waals surface area (Å²) in [5.74, 6) is 0.246. The molecule has 1 fully saturated rings. The molecule has 11 nitrogen and oxygen atoms in total. The van der Waals surface area contributed by atoms with Crippen LogP contribution in [0.25, 0.3) is 11.5 Å². The number of nitrogens with one attached hydrogen (secondary N) is 1. The van der Waals surface area contributed by atoms with Crippen LogP contribution in [0.15, 0.2) is 52.3 Å². The molecule has 12 heteroatoms. The first-order valence-corrected chi connectivity index (χ1v) is 15.0. The highest BCUT2D eigenvalue weighted by Gasteiger charge is 2.39. The molecule has 1 aliphatic rings. The van der Waals surface area contributed by atoms with E-state index in [4.69, 9.17) is 13.9 Å². The van der Waals surface area contributed by atoms with Gasteiger partial charge in [0.05, 0.1) is 13.2 Å². The Kier molecular flexibility index (Phi) is 8.50. The molecule has 0 saturated carbocycles. The summed E-state index contributed by atoms with van der Waals surface area (Å²) in [7, 11) is 1.48. The van der Waals surface area contributed by atoms with Crippen LogP contribution in [0.1, 0.15) is 79.2 Å². The molecule has 2 atom stereocenters. The van der Waals surface area contributed by atoms with Crippen LogP contribution in [0.4, 0.5) is 4.79 Å². The number of aromatic nitrogens is 4. The highest BCUT2D eigenvalue weighted by molar-refractivity contribution is 7.09. The van der Waals surface area contributed by atoms with Gasteiger partial charge in [-0.15, -0.1) is 21.5 Å². The molecular weight excluding hydrogens is 568 g/mol. The summed E-state index contributed by atoms with van der Waals surface area (Å²) in [6, 6.07) is 12.7. The zero-order valence-electron chi connectivity index (χ0n) is 25.2. The summed E-state index contributed by atoms with van der Waals surface area (Å²) in [6.07, 6.45) is 1.40. The van der Waals surface area contributed by atoms with Crippen molar-refractivity contribution in [1.82, 2.24) is 30.4 Å². The predicted octanol–water partition coefficient (Wildman–Crippen LogP) is 5.87. The molecule has 0 bridgehead atoms. The molecule has 0 radical (unpaired) electrons. The number of ether oxygens (including phenoxy) is 2. The first-order valence-electron chi connectivity index (χ1n) is 14.1. The van der Waals surface area contributed by atoms with Gasteiger partial charge in [-0.2, -0.15) is 0 Å². The Bertz CT molecular complexity index is 1600. The monoisotopic (exact) mass is 604 g/mol. The van der Waals surface area contributed by atoms with E-state index >= 15 is 0 Å². The van der Waals surface area contributed by atoms with Gasteiger partial charge >= 0.3 is 6.09 Å². The Morgan fingerprint density at radius 3 is 2.56 bits per heavy atom. The van der Waals surface area contributed by atoms with Crippen LogP contribution < -0.4 is 10.1 Å². The van der Waals surface area contributed by atoms with Crippen LogP contribution in [0, 0.1) is 6.92 Å². The number of nitrogens with zero attached hydrogens (tertiary/aromatic N) is 5. The van der Waals surface area contributed by atoms with Gasteiger partial charge in [-0.3, -0.25) is 4.79 Å². The molecule has 1 aromatic carbocycles. The van der Waals surface area contributed by atoms with Crippen molar-refractivity contribution in [2.24, 2.45) is 0 Å². The quantitative estimate of drug-likeness (QED) is 0.262. The first-order chi connectivity index (χ1) is 20.4. The van der Waals surface area contributed by atoms with Gasteiger partial charge in [-0.1, -0.05) is 30.3 Å². The van der Waals surface area contributed by atoms with Crippen LogP contribution in [-0.2, 0) is 16.8 Å². The third kappa shape index (κ3) is 7.02. The van der Waals surface area contributed by atoms with Gasteiger partial charge in [0.15, 0.2) is 5.60 Å². The van der Waals surface area contributed by atoms with Gasteiger partial charge in [0, 0.05) is 41.2 Å². The molecule has 2 amide bonds. The molecule has 4 aromatic rings. The average molecular weight is 605 g/mol. The lowest BCUT2D eigenvalue weighted by molar-refractivity contribution is -0.00121. The molecule has 1 N–H and O–H groups in total. The lowest BCUT2D eigenvalue weighted by atomic mass is 9.96. The molecule has 1 saturated heterocycles. The second kappa shape index (κ2) is 12.1. The SMILES string of the molecule is COc1cc(-c2nnc([C@@](C)(Cc3ccccc3)OC(=O)NC(C)(C)C)o2)cc(C(=O)N2CCC[C@@H]2c2nc(C)cs2)n1. The topological polar surface area (TPSA) is 133 Å². The van der Waals surface area contributed by atoms with Crippen molar-refractivity contribution < 1.29 is 23.5 Å². The normalized spacial score (nSPS) is 16.5. The zero-order chi connectivity index (χ0) is 30.8. The van der Waals surface area contributed by atoms with E-state index in [-0.39, 0.29) is 35.3 Å². The fourth-order valence-corrected chi connectivity index (χ4v) is 5.96. The smallest absolute Gasteiger partial charge is 0.408 e. The molecular formula is C31H36N6O5S. The summed E-state index contributed by atoms with van der Waals surface area (Å²) in [6.45, 7) is 9.88. The van der Waals surface area contributed by atoms with Gasteiger partial charge in [-0.25, -0.2) is 14.8 Å². The number of hydrogen-bond donors (Lipinski definition) is 1. The number of hydrogen-bond acceptors (Lipinski definition) is 10. The maximum absolute atomic E-state index is 13.7. The Morgan fingerprint density at radius 2 is 1.88 bits per heavy atom. The maximum atomic E-state index is 13.7. The van der Waals surface area contributed by atoms with E-state index in [9.17, 15) is 9.59 Å². The van der Waals surface area contributed by atoms with Crippen molar-refractivity contribution >= 4 is 23.3 Å². The van der Waals surface area contributed by atoms with Crippen LogP contribution in [0.5, 0.6) is 5.88 Å². The van der Waals surface area contributed by atoms with E-state index in [2.05, 4.69) is 25.5 Å². The van der Waals surface area contributed by atoms with Gasteiger partial charge in [0.1, 0.15) is 10.7 Å². The number of benzene rings is 1. The van der Waals surface area contributed by atoms with Crippen LogP contribution in [-0.4, -0.2) is 56.3 Å². The van der Waals surface area contributed by atoms with E-state index in [1.165, 1.54) is 7.11 Å². The number of amides is 2. The number of rotatable bonds is 8. The highest BCUT2D eigenvalue weighted by Crippen LogP contribution is 2.36. The molecule has 4 heterocycles. The minimum absolute atomic E-state index is 0.104. The number of thiazole rings is 1. The largest absolute Gasteiger partial charge is 0.481 e. The number of carbonyl (C=O) groups excluding carboxylic acids is 2. The summed E-state index contributed by atoms with van der Waals surface area (Å²) in [4.78, 5) is 37.5. The fourth-order valence-electron chi connectivity index (χ4n) is 5.01. The van der Waals surface area contributed by atoms with E-state index < -0.39 is 17.2 Å². The number of carbonyl (C=O) groups is 2. The molecule has 0 unspecified atom stereocenters. The summed E-state index contributed by atoms with van der Waals surface area (Å²) in [5, 5.41) is 14.3. The van der Waals surface area contributed by atoms with Gasteiger partial charge in [0.2, 0.25) is 11.8 Å². The van der Waals surface area contributed by atoms with Gasteiger partial charge in [0.25, 0.3) is 11.8 Å². The molecule has 226 valence electrons. The standard InChI is InChI=1S/C31H36N6O5S/c1-19-18-43-26(32-19)23-13-10-14-37(23)27(38)22-15-21(16-24(33-22)40-6)25-35-36-28(41-25)31(5,17-20-11-8-7-9-12-20)42-29(39)34-30(2,3)4/h7-9,11-12,15-16,18,23H,10,13-14,17H2,1-6H3,(H,34,39)/t23-,31-/m1/s1. The molecule has 3 aromatic heterocycles. The van der Waals surface area contributed by atoms with Crippen LogP contribution >= 0.6 is 11.3 Å². The van der Waals surface area contributed by atoms with E-state index in [0.717, 1.165) is 29.1 Å². The van der Waals surface area contributed by atoms with Gasteiger partial charge < -0.3 is 24.1 Å². The third-order valence-electron chi connectivity index (χ3n) is 6.97. The summed E-state index contributed by atoms with van der Waals surface area (Å²) in [5.41, 5.74) is 0.716. The number of alkyl carbamates (subject to hydrolysis) is 1. The molecule has 5 rings (SSSR count). The maximum Gasteiger partial charge on any atom is 0.408 e. The van der Waals surface area contributed by atoms with Crippen molar-refractivity contribution in [1.29, 1.82) is 0 Å².